The maximum Gasteiger partial charge on any atom is 0.295 e. The van der Waals surface area contributed by atoms with Gasteiger partial charge in [0.05, 0.1) is 22.4 Å². The molecule has 1 unspecified atom stereocenters. The van der Waals surface area contributed by atoms with Crippen molar-refractivity contribution in [3.05, 3.63) is 35.7 Å². The SMILES string of the molecule is CS(=O)(=O)c1cc(C2CCCCO2)ccc1Nc1cc(NC(=O)[C@H]2CC2(F)F)nc2nc(C(F)F)[nH]c12. The number of amides is 1. The number of imidazole rings is 1. The predicted molar refractivity (Wildman–Crippen MR) is 126 cm³/mol. The largest absolute Gasteiger partial charge is 0.374 e. The minimum Gasteiger partial charge on any atom is -0.374 e. The van der Waals surface area contributed by atoms with Gasteiger partial charge in [0, 0.05) is 25.3 Å². The second kappa shape index (κ2) is 9.24. The van der Waals surface area contributed by atoms with E-state index in [9.17, 15) is 30.8 Å². The van der Waals surface area contributed by atoms with Crippen molar-refractivity contribution >= 4 is 44.1 Å². The van der Waals surface area contributed by atoms with Gasteiger partial charge in [-0.05, 0) is 37.0 Å². The number of rotatable bonds is 7. The zero-order chi connectivity index (χ0) is 26.5. The number of anilines is 3. The number of hydrogen-bond acceptors (Lipinski definition) is 7. The number of fused-ring (bicyclic) bond motifs is 1. The first-order valence-electron chi connectivity index (χ1n) is 11.5. The first-order valence-corrected chi connectivity index (χ1v) is 13.4. The number of sulfone groups is 1. The summed E-state index contributed by atoms with van der Waals surface area (Å²) in [5.74, 6) is -6.50. The molecular formula is C23H23F4N5O4S. The van der Waals surface area contributed by atoms with Gasteiger partial charge in [0.1, 0.15) is 17.3 Å². The number of benzene rings is 1. The molecule has 1 saturated carbocycles. The number of nitrogens with one attached hydrogen (secondary N) is 3. The van der Waals surface area contributed by atoms with Crippen LogP contribution in [0.1, 0.15) is 49.6 Å². The van der Waals surface area contributed by atoms with Gasteiger partial charge in [0.2, 0.25) is 5.91 Å². The van der Waals surface area contributed by atoms with E-state index in [1.807, 2.05) is 0 Å². The number of ether oxygens (including phenoxy) is 1. The molecule has 0 bridgehead atoms. The molecule has 0 spiro atoms. The second-order valence-corrected chi connectivity index (χ2v) is 11.2. The van der Waals surface area contributed by atoms with Gasteiger partial charge in [0.15, 0.2) is 21.3 Å². The van der Waals surface area contributed by atoms with Gasteiger partial charge in [-0.2, -0.15) is 0 Å². The number of halogens is 4. The lowest BCUT2D eigenvalue weighted by atomic mass is 10.0. The van der Waals surface area contributed by atoms with Crippen molar-refractivity contribution in [1.29, 1.82) is 0 Å². The third kappa shape index (κ3) is 5.25. The summed E-state index contributed by atoms with van der Waals surface area (Å²) in [4.78, 5) is 22.3. The standard InChI is InChI=1S/C23H23F4N5O4S/c1-37(34,35)16-8-11(15-4-2-3-7-36-15)5-6-13(16)28-14-9-17(30-22(33)12-10-23(12,26)27)29-20-18(14)31-21(32-20)19(24)25/h5-6,8-9,12,15,19H,2-4,7,10H2,1H3,(H3,28,29,30,31,32,33)/t12-,15?/m1/s1. The van der Waals surface area contributed by atoms with Crippen molar-refractivity contribution in [1.82, 2.24) is 15.0 Å². The predicted octanol–water partition coefficient (Wildman–Crippen LogP) is 4.88. The van der Waals surface area contributed by atoms with Gasteiger partial charge in [0.25, 0.3) is 12.3 Å². The first kappa shape index (κ1) is 25.4. The van der Waals surface area contributed by atoms with E-state index in [1.54, 1.807) is 6.07 Å². The molecule has 198 valence electrons. The summed E-state index contributed by atoms with van der Waals surface area (Å²) in [5.41, 5.74) is 0.684. The molecule has 1 aliphatic carbocycles. The van der Waals surface area contributed by atoms with Crippen molar-refractivity contribution < 1.29 is 35.5 Å². The molecule has 1 aliphatic heterocycles. The van der Waals surface area contributed by atoms with E-state index in [-0.39, 0.29) is 39.4 Å². The second-order valence-electron chi connectivity index (χ2n) is 9.19. The average Bonchev–Trinajstić information content (AvgIpc) is 3.27. The molecular weight excluding hydrogens is 518 g/mol. The zero-order valence-corrected chi connectivity index (χ0v) is 20.3. The average molecular weight is 542 g/mol. The Morgan fingerprint density at radius 1 is 1.19 bits per heavy atom. The van der Waals surface area contributed by atoms with E-state index in [0.717, 1.165) is 25.5 Å². The van der Waals surface area contributed by atoms with Crippen LogP contribution in [0.2, 0.25) is 0 Å². The molecule has 3 heterocycles. The Morgan fingerprint density at radius 3 is 2.57 bits per heavy atom. The lowest BCUT2D eigenvalue weighted by Crippen LogP contribution is -2.18. The highest BCUT2D eigenvalue weighted by atomic mass is 32.2. The van der Waals surface area contributed by atoms with Crippen LogP contribution < -0.4 is 10.6 Å². The van der Waals surface area contributed by atoms with E-state index in [2.05, 4.69) is 25.6 Å². The highest BCUT2D eigenvalue weighted by molar-refractivity contribution is 7.90. The van der Waals surface area contributed by atoms with Crippen molar-refractivity contribution in [3.8, 4) is 0 Å². The Bertz CT molecular complexity index is 1470. The Hall–Kier alpha value is -3.26. The fourth-order valence-corrected chi connectivity index (χ4v) is 5.15. The number of pyridine rings is 1. The Kier molecular flexibility index (Phi) is 6.34. The normalized spacial score (nSPS) is 21.2. The van der Waals surface area contributed by atoms with Crippen LogP contribution in [-0.2, 0) is 19.4 Å². The summed E-state index contributed by atoms with van der Waals surface area (Å²) in [7, 11) is -3.75. The fourth-order valence-electron chi connectivity index (χ4n) is 4.28. The third-order valence-electron chi connectivity index (χ3n) is 6.31. The maximum atomic E-state index is 13.3. The Labute approximate surface area is 208 Å². The molecule has 1 aromatic carbocycles. The Balaban J connectivity index is 1.54. The van der Waals surface area contributed by atoms with E-state index < -0.39 is 46.3 Å². The highest BCUT2D eigenvalue weighted by Crippen LogP contribution is 2.49. The molecule has 0 radical (unpaired) electrons. The lowest BCUT2D eigenvalue weighted by Gasteiger charge is -2.24. The van der Waals surface area contributed by atoms with Crippen LogP contribution in [0.3, 0.4) is 0 Å². The molecule has 3 aromatic rings. The molecule has 3 N–H and O–H groups in total. The summed E-state index contributed by atoms with van der Waals surface area (Å²) in [6.07, 6.45) is -0.163. The van der Waals surface area contributed by atoms with Crippen molar-refractivity contribution in [2.24, 2.45) is 5.92 Å². The van der Waals surface area contributed by atoms with Gasteiger partial charge >= 0.3 is 0 Å². The monoisotopic (exact) mass is 541 g/mol. The molecule has 14 heteroatoms. The number of aromatic nitrogens is 3. The molecule has 1 saturated heterocycles. The van der Waals surface area contributed by atoms with Crippen LogP contribution in [-0.4, -0.2) is 48.1 Å². The van der Waals surface area contributed by atoms with E-state index >= 15 is 0 Å². The van der Waals surface area contributed by atoms with Crippen LogP contribution >= 0.6 is 0 Å². The van der Waals surface area contributed by atoms with Gasteiger partial charge in [-0.25, -0.2) is 35.9 Å². The summed E-state index contributed by atoms with van der Waals surface area (Å²) in [5, 5.41) is 5.17. The number of nitrogens with zero attached hydrogens (tertiary/aromatic N) is 2. The number of hydrogen-bond donors (Lipinski definition) is 3. The number of aromatic amines is 1. The van der Waals surface area contributed by atoms with Crippen LogP contribution in [0.15, 0.2) is 29.2 Å². The molecule has 5 rings (SSSR count). The van der Waals surface area contributed by atoms with Gasteiger partial charge < -0.3 is 20.4 Å². The molecule has 1 amide bonds. The highest BCUT2D eigenvalue weighted by Gasteiger charge is 2.61. The van der Waals surface area contributed by atoms with Crippen LogP contribution in [0.25, 0.3) is 11.2 Å². The van der Waals surface area contributed by atoms with E-state index in [0.29, 0.717) is 12.2 Å². The summed E-state index contributed by atoms with van der Waals surface area (Å²) < 4.78 is 84.4. The minimum atomic E-state index is -3.75. The molecule has 9 nitrogen and oxygen atoms in total. The summed E-state index contributed by atoms with van der Waals surface area (Å²) >= 11 is 0. The quantitative estimate of drug-likeness (QED) is 0.364. The topological polar surface area (TPSA) is 126 Å². The van der Waals surface area contributed by atoms with Crippen LogP contribution in [0, 0.1) is 5.92 Å². The maximum absolute atomic E-state index is 13.3. The number of alkyl halides is 4. The lowest BCUT2D eigenvalue weighted by molar-refractivity contribution is -0.119. The smallest absolute Gasteiger partial charge is 0.295 e. The molecule has 37 heavy (non-hydrogen) atoms. The van der Waals surface area contributed by atoms with Crippen molar-refractivity contribution in [2.75, 3.05) is 23.5 Å². The fraction of sp³-hybridized carbons (Fsp3) is 0.435. The van der Waals surface area contributed by atoms with E-state index in [1.165, 1.54) is 18.2 Å². The number of carbonyl (C=O) groups excluding carboxylic acids is 1. The van der Waals surface area contributed by atoms with Gasteiger partial charge in [-0.1, -0.05) is 6.07 Å². The zero-order valence-electron chi connectivity index (χ0n) is 19.5. The Morgan fingerprint density at radius 2 is 1.95 bits per heavy atom. The minimum absolute atomic E-state index is 0.0178. The summed E-state index contributed by atoms with van der Waals surface area (Å²) in [6.45, 7) is 0.571. The molecule has 2 aromatic heterocycles. The molecule has 2 atom stereocenters. The molecule has 2 fully saturated rings. The van der Waals surface area contributed by atoms with Crippen LogP contribution in [0.5, 0.6) is 0 Å². The third-order valence-corrected chi connectivity index (χ3v) is 7.44. The van der Waals surface area contributed by atoms with Crippen molar-refractivity contribution in [3.63, 3.8) is 0 Å². The van der Waals surface area contributed by atoms with E-state index in [4.69, 9.17) is 4.74 Å². The summed E-state index contributed by atoms with van der Waals surface area (Å²) in [6, 6.07) is 5.98. The molecule has 2 aliphatic rings. The number of carbonyl (C=O) groups is 1. The van der Waals surface area contributed by atoms with Crippen LogP contribution in [0.4, 0.5) is 34.8 Å². The van der Waals surface area contributed by atoms with Gasteiger partial charge in [-0.15, -0.1) is 0 Å². The van der Waals surface area contributed by atoms with Crippen molar-refractivity contribution in [2.45, 2.75) is 49.0 Å². The van der Waals surface area contributed by atoms with Gasteiger partial charge in [-0.3, -0.25) is 4.79 Å². The first-order chi connectivity index (χ1) is 17.4. The number of H-pyrrole nitrogens is 1.